The van der Waals surface area contributed by atoms with Gasteiger partial charge in [0.05, 0.1) is 11.0 Å². The van der Waals surface area contributed by atoms with Gasteiger partial charge in [-0.15, -0.1) is 0 Å². The summed E-state index contributed by atoms with van der Waals surface area (Å²) in [6.07, 6.45) is 3.16. The molecular formula is C25H18FN3O3. The molecule has 0 aliphatic rings. The van der Waals surface area contributed by atoms with Gasteiger partial charge in [0.15, 0.2) is 0 Å². The Morgan fingerprint density at radius 1 is 1.16 bits per heavy atom. The average molecular weight is 427 g/mol. The zero-order chi connectivity index (χ0) is 22.4. The van der Waals surface area contributed by atoms with Crippen LogP contribution in [0.2, 0.25) is 0 Å². The molecule has 0 atom stereocenters. The highest BCUT2D eigenvalue weighted by Crippen LogP contribution is 2.35. The van der Waals surface area contributed by atoms with Crippen molar-refractivity contribution in [3.63, 3.8) is 0 Å². The van der Waals surface area contributed by atoms with E-state index in [2.05, 4.69) is 9.97 Å². The first-order valence-corrected chi connectivity index (χ1v) is 10.0. The third-order valence-corrected chi connectivity index (χ3v) is 5.62. The van der Waals surface area contributed by atoms with Gasteiger partial charge in [0.25, 0.3) is 5.56 Å². The van der Waals surface area contributed by atoms with Crippen molar-refractivity contribution >= 4 is 27.8 Å². The molecule has 3 aromatic heterocycles. The Morgan fingerprint density at radius 3 is 2.75 bits per heavy atom. The number of carboxylic acids is 1. The summed E-state index contributed by atoms with van der Waals surface area (Å²) in [6.45, 7) is 1.77. The molecule has 0 saturated carbocycles. The van der Waals surface area contributed by atoms with Gasteiger partial charge in [-0.3, -0.25) is 9.78 Å². The number of halogens is 1. The van der Waals surface area contributed by atoms with Gasteiger partial charge in [-0.2, -0.15) is 0 Å². The van der Waals surface area contributed by atoms with Crippen LogP contribution in [0.4, 0.5) is 4.39 Å². The summed E-state index contributed by atoms with van der Waals surface area (Å²) in [6, 6.07) is 15.7. The SMILES string of the molecule is Cc1cc2c(-c3ccc[nH]c3=O)c(C(=O)O)n(Cc3cnc4ccccc4c3)c2cc1F. The summed E-state index contributed by atoms with van der Waals surface area (Å²) in [5.74, 6) is -1.65. The summed E-state index contributed by atoms with van der Waals surface area (Å²) in [5.41, 5.74) is 2.35. The minimum Gasteiger partial charge on any atom is -0.477 e. The number of nitrogens with one attached hydrogen (secondary N) is 1. The van der Waals surface area contributed by atoms with E-state index in [1.807, 2.05) is 30.3 Å². The Bertz CT molecular complexity index is 1580. The molecule has 5 rings (SSSR count). The molecule has 0 fully saturated rings. The Hall–Kier alpha value is -4.26. The van der Waals surface area contributed by atoms with Gasteiger partial charge < -0.3 is 14.7 Å². The maximum Gasteiger partial charge on any atom is 0.353 e. The van der Waals surface area contributed by atoms with Crippen molar-refractivity contribution in [3.05, 3.63) is 100.0 Å². The minimum atomic E-state index is -1.20. The van der Waals surface area contributed by atoms with Gasteiger partial charge in [0, 0.05) is 40.8 Å². The van der Waals surface area contributed by atoms with Crippen LogP contribution in [-0.4, -0.2) is 25.6 Å². The van der Waals surface area contributed by atoms with Crippen molar-refractivity contribution in [2.24, 2.45) is 0 Å². The lowest BCUT2D eigenvalue weighted by molar-refractivity contribution is 0.0687. The van der Waals surface area contributed by atoms with Crippen molar-refractivity contribution in [1.82, 2.24) is 14.5 Å². The summed E-state index contributed by atoms with van der Waals surface area (Å²) in [5, 5.41) is 11.6. The lowest BCUT2D eigenvalue weighted by Crippen LogP contribution is -2.13. The third kappa shape index (κ3) is 3.15. The maximum atomic E-state index is 14.6. The molecule has 32 heavy (non-hydrogen) atoms. The van der Waals surface area contributed by atoms with E-state index in [1.54, 1.807) is 31.3 Å². The van der Waals surface area contributed by atoms with E-state index < -0.39 is 17.3 Å². The van der Waals surface area contributed by atoms with E-state index in [-0.39, 0.29) is 23.4 Å². The molecule has 0 unspecified atom stereocenters. The molecular weight excluding hydrogens is 409 g/mol. The molecule has 3 heterocycles. The number of carboxylic acid groups (broad SMARTS) is 1. The number of fused-ring (bicyclic) bond motifs is 2. The molecule has 6 nitrogen and oxygen atoms in total. The van der Waals surface area contributed by atoms with E-state index in [0.29, 0.717) is 16.5 Å². The number of carbonyl (C=O) groups is 1. The second kappa shape index (κ2) is 7.46. The summed E-state index contributed by atoms with van der Waals surface area (Å²) < 4.78 is 16.1. The van der Waals surface area contributed by atoms with Gasteiger partial charge in [-0.25, -0.2) is 9.18 Å². The summed E-state index contributed by atoms with van der Waals surface area (Å²) in [4.78, 5) is 32.0. The largest absolute Gasteiger partial charge is 0.477 e. The number of hydrogen-bond acceptors (Lipinski definition) is 3. The Labute approximate surface area is 181 Å². The number of benzene rings is 2. The molecule has 2 N–H and O–H groups in total. The van der Waals surface area contributed by atoms with Crippen LogP contribution in [0.1, 0.15) is 21.6 Å². The molecule has 158 valence electrons. The first-order valence-electron chi connectivity index (χ1n) is 10.0. The zero-order valence-corrected chi connectivity index (χ0v) is 17.1. The Morgan fingerprint density at radius 2 is 1.97 bits per heavy atom. The molecule has 0 amide bonds. The minimum absolute atomic E-state index is 0.0742. The fraction of sp³-hybridized carbons (Fsp3) is 0.0800. The van der Waals surface area contributed by atoms with Gasteiger partial charge in [-0.1, -0.05) is 18.2 Å². The number of rotatable bonds is 4. The number of aryl methyl sites for hydroxylation is 1. The van der Waals surface area contributed by atoms with Gasteiger partial charge in [0.1, 0.15) is 11.5 Å². The molecule has 0 aliphatic heterocycles. The molecule has 0 aliphatic carbocycles. The molecule has 0 radical (unpaired) electrons. The van der Waals surface area contributed by atoms with Crippen LogP contribution in [0.25, 0.3) is 32.9 Å². The molecule has 5 aromatic rings. The van der Waals surface area contributed by atoms with Crippen molar-refractivity contribution in [2.75, 3.05) is 0 Å². The number of aromatic amines is 1. The molecule has 2 aromatic carbocycles. The van der Waals surface area contributed by atoms with Gasteiger partial charge in [0.2, 0.25) is 0 Å². The number of H-pyrrole nitrogens is 1. The molecule has 0 spiro atoms. The van der Waals surface area contributed by atoms with Crippen LogP contribution in [0.15, 0.2) is 71.8 Å². The van der Waals surface area contributed by atoms with E-state index in [1.165, 1.54) is 16.8 Å². The summed E-state index contributed by atoms with van der Waals surface area (Å²) >= 11 is 0. The number of pyridine rings is 2. The van der Waals surface area contributed by atoms with Crippen LogP contribution < -0.4 is 5.56 Å². The predicted molar refractivity (Wildman–Crippen MR) is 120 cm³/mol. The smallest absolute Gasteiger partial charge is 0.353 e. The number of aromatic carboxylic acids is 1. The van der Waals surface area contributed by atoms with Crippen LogP contribution in [0, 0.1) is 12.7 Å². The lowest BCUT2D eigenvalue weighted by atomic mass is 10.0. The lowest BCUT2D eigenvalue weighted by Gasteiger charge is -2.10. The topological polar surface area (TPSA) is 88.0 Å². The standard InChI is InChI=1S/C25H18FN3O3/c1-14-9-18-21(11-19(14)26)29(13-15-10-16-5-2-3-7-20(16)28-12-15)23(25(31)32)22(18)17-6-4-8-27-24(17)30/h2-12H,13H2,1H3,(H,27,30)(H,31,32). The fourth-order valence-electron chi connectivity index (χ4n) is 4.14. The molecule has 7 heteroatoms. The van der Waals surface area contributed by atoms with E-state index in [0.717, 1.165) is 16.5 Å². The third-order valence-electron chi connectivity index (χ3n) is 5.62. The number of para-hydroxylation sites is 1. The Kier molecular flexibility index (Phi) is 4.59. The van der Waals surface area contributed by atoms with E-state index >= 15 is 0 Å². The van der Waals surface area contributed by atoms with Crippen molar-refractivity contribution < 1.29 is 14.3 Å². The van der Waals surface area contributed by atoms with Crippen LogP contribution in [0.5, 0.6) is 0 Å². The number of hydrogen-bond donors (Lipinski definition) is 2. The second-order valence-electron chi connectivity index (χ2n) is 7.68. The van der Waals surface area contributed by atoms with E-state index in [4.69, 9.17) is 0 Å². The normalized spacial score (nSPS) is 11.3. The number of nitrogens with zero attached hydrogens (tertiary/aromatic N) is 2. The maximum absolute atomic E-state index is 14.6. The quantitative estimate of drug-likeness (QED) is 0.434. The van der Waals surface area contributed by atoms with Gasteiger partial charge >= 0.3 is 5.97 Å². The monoisotopic (exact) mass is 427 g/mol. The summed E-state index contributed by atoms with van der Waals surface area (Å²) in [7, 11) is 0. The average Bonchev–Trinajstić information content (AvgIpc) is 3.07. The highest BCUT2D eigenvalue weighted by Gasteiger charge is 2.26. The predicted octanol–water partition coefficient (Wildman–Crippen LogP) is 4.74. The van der Waals surface area contributed by atoms with Crippen molar-refractivity contribution in [2.45, 2.75) is 13.5 Å². The highest BCUT2D eigenvalue weighted by atomic mass is 19.1. The fourth-order valence-corrected chi connectivity index (χ4v) is 4.14. The zero-order valence-electron chi connectivity index (χ0n) is 17.1. The molecule has 0 saturated heterocycles. The molecule has 0 bridgehead atoms. The van der Waals surface area contributed by atoms with Gasteiger partial charge in [-0.05, 0) is 54.4 Å². The first kappa shape index (κ1) is 19.7. The first-order chi connectivity index (χ1) is 15.4. The van der Waals surface area contributed by atoms with Crippen LogP contribution in [-0.2, 0) is 6.54 Å². The van der Waals surface area contributed by atoms with E-state index in [9.17, 15) is 19.1 Å². The van der Waals surface area contributed by atoms with Crippen molar-refractivity contribution in [1.29, 1.82) is 0 Å². The van der Waals surface area contributed by atoms with Crippen LogP contribution in [0.3, 0.4) is 0 Å². The van der Waals surface area contributed by atoms with Crippen LogP contribution >= 0.6 is 0 Å². The second-order valence-corrected chi connectivity index (χ2v) is 7.68. The number of aromatic nitrogens is 3. The highest BCUT2D eigenvalue weighted by molar-refractivity contribution is 6.08. The Balaban J connectivity index is 1.82. The van der Waals surface area contributed by atoms with Crippen molar-refractivity contribution in [3.8, 4) is 11.1 Å².